The Bertz CT molecular complexity index is 434. The predicted octanol–water partition coefficient (Wildman–Crippen LogP) is 5.10. The van der Waals surface area contributed by atoms with Crippen molar-refractivity contribution in [3.05, 3.63) is 40.9 Å². The van der Waals surface area contributed by atoms with Crippen molar-refractivity contribution in [2.75, 3.05) is 13.2 Å². The van der Waals surface area contributed by atoms with Crippen molar-refractivity contribution >= 4 is 26.9 Å². The molecule has 0 radical (unpaired) electrons. The minimum absolute atomic E-state index is 0.287. The molecule has 0 aliphatic heterocycles. The number of hydrogen-bond donors (Lipinski definition) is 0. The van der Waals surface area contributed by atoms with Crippen LogP contribution in [0.3, 0.4) is 0 Å². The van der Waals surface area contributed by atoms with E-state index >= 15 is 0 Å². The molecule has 0 aliphatic rings. The molecule has 21 heavy (non-hydrogen) atoms. The summed E-state index contributed by atoms with van der Waals surface area (Å²) < 4.78 is 23.8. The van der Waals surface area contributed by atoms with Gasteiger partial charge >= 0.3 is 134 Å². The van der Waals surface area contributed by atoms with Crippen molar-refractivity contribution in [2.24, 2.45) is 0 Å². The van der Waals surface area contributed by atoms with Crippen LogP contribution < -0.4 is 0 Å². The van der Waals surface area contributed by atoms with E-state index in [1.807, 2.05) is 41.4 Å². The monoisotopic (exact) mass is 376 g/mol. The Morgan fingerprint density at radius 3 is 2.14 bits per heavy atom. The maximum absolute atomic E-state index is 12.7. The van der Waals surface area contributed by atoms with Crippen LogP contribution in [0.25, 0.3) is 6.08 Å². The first-order chi connectivity index (χ1) is 10.2. The molecule has 3 nitrogen and oxygen atoms in total. The maximum atomic E-state index is 12.7. The minimum atomic E-state index is -2.94. The average molecular weight is 375 g/mol. The molecule has 0 N–H and O–H groups in total. The molecule has 0 atom stereocenters. The normalized spacial score (nSPS) is 12.1. The second kappa shape index (κ2) is 11.2. The molecule has 0 heterocycles. The molecule has 0 spiro atoms. The molecule has 1 rings (SSSR count). The summed E-state index contributed by atoms with van der Waals surface area (Å²) in [6.45, 7) is 5.21. The fraction of sp³-hybridized carbons (Fsp3) is 0.500. The van der Waals surface area contributed by atoms with Crippen molar-refractivity contribution in [1.29, 1.82) is 0 Å². The molecule has 0 aromatic heterocycles. The summed E-state index contributed by atoms with van der Waals surface area (Å²) in [7, 11) is 0. The van der Waals surface area contributed by atoms with Crippen molar-refractivity contribution in [2.45, 2.75) is 39.5 Å². The fourth-order valence-electron chi connectivity index (χ4n) is 1.49. The quantitative estimate of drug-likeness (QED) is 0.307. The van der Waals surface area contributed by atoms with Crippen LogP contribution >= 0.6 is 6.29 Å². The summed E-state index contributed by atoms with van der Waals surface area (Å²) in [4.78, 5) is 1.95. The predicted molar refractivity (Wildman–Crippen MR) is 90.6 cm³/mol. The van der Waals surface area contributed by atoms with Gasteiger partial charge in [0.15, 0.2) is 0 Å². The number of benzene rings is 1. The molecule has 0 amide bonds. The van der Waals surface area contributed by atoms with Gasteiger partial charge < -0.3 is 0 Å². The van der Waals surface area contributed by atoms with E-state index in [4.69, 9.17) is 9.05 Å². The SMILES string of the molecule is CCCCOP(=O)(OCCCC)[Se]/C=C/c1ccccc1. The molecule has 0 unspecified atom stereocenters. The van der Waals surface area contributed by atoms with Gasteiger partial charge in [-0.25, -0.2) is 0 Å². The molecule has 0 aliphatic carbocycles. The number of rotatable bonds is 11. The van der Waals surface area contributed by atoms with Crippen LogP contribution in [-0.4, -0.2) is 27.7 Å². The summed E-state index contributed by atoms with van der Waals surface area (Å²) in [6, 6.07) is 10.00. The Kier molecular flexibility index (Phi) is 9.99. The van der Waals surface area contributed by atoms with Crippen LogP contribution in [0.1, 0.15) is 45.1 Å². The van der Waals surface area contributed by atoms with Gasteiger partial charge in [0, 0.05) is 0 Å². The van der Waals surface area contributed by atoms with Crippen LogP contribution in [-0.2, 0) is 13.6 Å². The van der Waals surface area contributed by atoms with Gasteiger partial charge in [-0.3, -0.25) is 0 Å². The van der Waals surface area contributed by atoms with E-state index in [-0.39, 0.29) is 14.5 Å². The first kappa shape index (κ1) is 18.7. The van der Waals surface area contributed by atoms with Gasteiger partial charge in [-0.2, -0.15) is 0 Å². The first-order valence-corrected chi connectivity index (χ1v) is 12.2. The van der Waals surface area contributed by atoms with Crippen LogP contribution in [0.15, 0.2) is 35.3 Å². The molecule has 1 aromatic carbocycles. The molecular weight excluding hydrogens is 350 g/mol. The van der Waals surface area contributed by atoms with Gasteiger partial charge in [0.05, 0.1) is 0 Å². The zero-order valence-corrected chi connectivity index (χ0v) is 15.5. The van der Waals surface area contributed by atoms with E-state index in [2.05, 4.69) is 13.8 Å². The van der Waals surface area contributed by atoms with Crippen LogP contribution in [0.4, 0.5) is 0 Å². The third-order valence-corrected chi connectivity index (χ3v) is 8.13. The fourth-order valence-corrected chi connectivity index (χ4v) is 5.95. The van der Waals surface area contributed by atoms with Crippen molar-refractivity contribution < 1.29 is 13.6 Å². The Morgan fingerprint density at radius 1 is 1.05 bits per heavy atom. The van der Waals surface area contributed by atoms with Crippen LogP contribution in [0, 0.1) is 0 Å². The molecule has 118 valence electrons. The van der Waals surface area contributed by atoms with Gasteiger partial charge in [-0.15, -0.1) is 0 Å². The van der Waals surface area contributed by atoms with E-state index < -0.39 is 6.29 Å². The van der Waals surface area contributed by atoms with Gasteiger partial charge in [0.25, 0.3) is 0 Å². The summed E-state index contributed by atoms with van der Waals surface area (Å²) in [6.07, 6.45) is 2.94. The van der Waals surface area contributed by atoms with E-state index in [0.29, 0.717) is 13.2 Å². The number of unbranched alkanes of at least 4 members (excludes halogenated alkanes) is 2. The molecule has 0 fully saturated rings. The van der Waals surface area contributed by atoms with Crippen LogP contribution in [0.5, 0.6) is 0 Å². The zero-order valence-electron chi connectivity index (χ0n) is 12.9. The Morgan fingerprint density at radius 2 is 1.62 bits per heavy atom. The van der Waals surface area contributed by atoms with Crippen molar-refractivity contribution in [1.82, 2.24) is 0 Å². The third-order valence-electron chi connectivity index (χ3n) is 2.74. The second-order valence-electron chi connectivity index (χ2n) is 4.64. The van der Waals surface area contributed by atoms with Gasteiger partial charge in [-0.05, 0) is 0 Å². The van der Waals surface area contributed by atoms with Gasteiger partial charge in [-0.1, -0.05) is 0 Å². The first-order valence-electron chi connectivity index (χ1n) is 7.49. The van der Waals surface area contributed by atoms with Gasteiger partial charge in [0.2, 0.25) is 0 Å². The third kappa shape index (κ3) is 8.60. The molecule has 0 bridgehead atoms. The molecule has 0 saturated carbocycles. The summed E-state index contributed by atoms with van der Waals surface area (Å²) in [5.74, 6) is 0. The molecule has 5 heteroatoms. The second-order valence-corrected chi connectivity index (χ2v) is 11.0. The van der Waals surface area contributed by atoms with Crippen molar-refractivity contribution in [3.8, 4) is 0 Å². The zero-order chi connectivity index (χ0) is 15.4. The Balaban J connectivity index is 2.54. The van der Waals surface area contributed by atoms with E-state index in [1.165, 1.54) is 0 Å². The number of hydrogen-bond acceptors (Lipinski definition) is 3. The van der Waals surface area contributed by atoms with E-state index in [1.54, 1.807) is 0 Å². The van der Waals surface area contributed by atoms with Gasteiger partial charge in [0.1, 0.15) is 0 Å². The Labute approximate surface area is 134 Å². The summed E-state index contributed by atoms with van der Waals surface area (Å²) in [5.41, 5.74) is 1.10. The summed E-state index contributed by atoms with van der Waals surface area (Å²) in [5, 5.41) is 0. The van der Waals surface area contributed by atoms with Crippen molar-refractivity contribution in [3.63, 3.8) is 0 Å². The summed E-state index contributed by atoms with van der Waals surface area (Å²) >= 11 is -0.287. The standard InChI is InChI=1S/C16H25O3PSe/c1-3-5-13-18-20(17,19-14-6-4-2)21-15-12-16-10-8-7-9-11-16/h7-12,15H,3-6,13-14H2,1-2H3/b15-12+. The van der Waals surface area contributed by atoms with E-state index in [0.717, 1.165) is 31.2 Å². The Hall–Kier alpha value is -0.371. The molecule has 1 aromatic rings. The molecular formula is C16H25O3PSe. The topological polar surface area (TPSA) is 35.5 Å². The molecule has 0 saturated heterocycles. The van der Waals surface area contributed by atoms with Crippen LogP contribution in [0.2, 0.25) is 0 Å². The van der Waals surface area contributed by atoms with E-state index in [9.17, 15) is 4.57 Å². The average Bonchev–Trinajstić information content (AvgIpc) is 2.49.